The fourth-order valence-electron chi connectivity index (χ4n) is 2.06. The van der Waals surface area contributed by atoms with Gasteiger partial charge >= 0.3 is 5.97 Å². The van der Waals surface area contributed by atoms with Crippen LogP contribution in [0.25, 0.3) is 11.1 Å². The standard InChI is InChI=1S/C17H18O3/c1-2-3-12-20-15-11-7-10-14(17(18)19)16(15)13-8-5-4-6-9-13/h4-11H,2-3,12H2,1H3,(H,18,19). The van der Waals surface area contributed by atoms with Crippen LogP contribution in [-0.4, -0.2) is 17.7 Å². The molecule has 104 valence electrons. The molecule has 0 spiro atoms. The van der Waals surface area contributed by atoms with Crippen LogP contribution in [0.2, 0.25) is 0 Å². The van der Waals surface area contributed by atoms with E-state index in [0.717, 1.165) is 18.4 Å². The van der Waals surface area contributed by atoms with Crippen LogP contribution < -0.4 is 4.74 Å². The van der Waals surface area contributed by atoms with Crippen LogP contribution in [0.4, 0.5) is 0 Å². The van der Waals surface area contributed by atoms with E-state index in [1.165, 1.54) is 0 Å². The molecule has 0 aliphatic heterocycles. The van der Waals surface area contributed by atoms with Gasteiger partial charge in [0.1, 0.15) is 5.75 Å². The third kappa shape index (κ3) is 3.18. The molecule has 3 nitrogen and oxygen atoms in total. The van der Waals surface area contributed by atoms with Crippen LogP contribution >= 0.6 is 0 Å². The fraction of sp³-hybridized carbons (Fsp3) is 0.235. The second kappa shape index (κ2) is 6.75. The second-order valence-electron chi connectivity index (χ2n) is 4.55. The van der Waals surface area contributed by atoms with E-state index in [2.05, 4.69) is 6.92 Å². The number of rotatable bonds is 6. The number of carbonyl (C=O) groups is 1. The van der Waals surface area contributed by atoms with Crippen molar-refractivity contribution in [2.75, 3.05) is 6.61 Å². The molecule has 0 saturated heterocycles. The third-order valence-corrected chi connectivity index (χ3v) is 3.07. The van der Waals surface area contributed by atoms with Crippen molar-refractivity contribution in [3.05, 3.63) is 54.1 Å². The average Bonchev–Trinajstić information content (AvgIpc) is 2.48. The summed E-state index contributed by atoms with van der Waals surface area (Å²) in [6.45, 7) is 2.69. The first kappa shape index (κ1) is 14.1. The Bertz CT molecular complexity index is 576. The van der Waals surface area contributed by atoms with Crippen LogP contribution in [-0.2, 0) is 0 Å². The predicted octanol–water partition coefficient (Wildman–Crippen LogP) is 4.23. The Hall–Kier alpha value is -2.29. The quantitative estimate of drug-likeness (QED) is 0.799. The summed E-state index contributed by atoms with van der Waals surface area (Å²) in [5.74, 6) is -0.311. The van der Waals surface area contributed by atoms with Gasteiger partial charge in [-0.2, -0.15) is 0 Å². The van der Waals surface area contributed by atoms with Crippen molar-refractivity contribution < 1.29 is 14.6 Å². The molecular weight excluding hydrogens is 252 g/mol. The molecule has 0 aromatic heterocycles. The molecule has 2 aromatic carbocycles. The van der Waals surface area contributed by atoms with Gasteiger partial charge in [-0.15, -0.1) is 0 Å². The van der Waals surface area contributed by atoms with Crippen molar-refractivity contribution in [2.24, 2.45) is 0 Å². The van der Waals surface area contributed by atoms with Crippen molar-refractivity contribution in [3.8, 4) is 16.9 Å². The maximum absolute atomic E-state index is 11.4. The van der Waals surface area contributed by atoms with Gasteiger partial charge in [0.15, 0.2) is 0 Å². The van der Waals surface area contributed by atoms with Crippen molar-refractivity contribution in [1.29, 1.82) is 0 Å². The lowest BCUT2D eigenvalue weighted by Gasteiger charge is -2.14. The van der Waals surface area contributed by atoms with Crippen molar-refractivity contribution in [1.82, 2.24) is 0 Å². The van der Waals surface area contributed by atoms with Gasteiger partial charge < -0.3 is 9.84 Å². The van der Waals surface area contributed by atoms with Crippen molar-refractivity contribution in [2.45, 2.75) is 19.8 Å². The van der Waals surface area contributed by atoms with Gasteiger partial charge in [-0.1, -0.05) is 49.7 Å². The zero-order chi connectivity index (χ0) is 14.4. The summed E-state index contributed by atoms with van der Waals surface area (Å²) in [5.41, 5.74) is 1.78. The van der Waals surface area contributed by atoms with E-state index in [4.69, 9.17) is 4.74 Å². The molecule has 2 rings (SSSR count). The Morgan fingerprint density at radius 2 is 1.85 bits per heavy atom. The Morgan fingerprint density at radius 1 is 1.10 bits per heavy atom. The molecule has 0 heterocycles. The summed E-state index contributed by atoms with van der Waals surface area (Å²) < 4.78 is 5.76. The van der Waals surface area contributed by atoms with Crippen LogP contribution in [0.3, 0.4) is 0 Å². The highest BCUT2D eigenvalue weighted by molar-refractivity contribution is 5.98. The van der Waals surface area contributed by atoms with E-state index < -0.39 is 5.97 Å². The molecule has 0 bridgehead atoms. The van der Waals surface area contributed by atoms with E-state index >= 15 is 0 Å². The highest BCUT2D eigenvalue weighted by atomic mass is 16.5. The van der Waals surface area contributed by atoms with E-state index in [-0.39, 0.29) is 5.56 Å². The summed E-state index contributed by atoms with van der Waals surface area (Å²) in [4.78, 5) is 11.4. The van der Waals surface area contributed by atoms with Gasteiger partial charge in [0.25, 0.3) is 0 Å². The van der Waals surface area contributed by atoms with Crippen LogP contribution in [0.1, 0.15) is 30.1 Å². The first-order chi connectivity index (χ1) is 9.74. The first-order valence-electron chi connectivity index (χ1n) is 6.78. The molecule has 0 aliphatic rings. The Balaban J connectivity index is 2.46. The number of unbranched alkanes of at least 4 members (excludes halogenated alkanes) is 1. The van der Waals surface area contributed by atoms with Crippen LogP contribution in [0.15, 0.2) is 48.5 Å². The number of carboxylic acids is 1. The summed E-state index contributed by atoms with van der Waals surface area (Å²) in [6, 6.07) is 14.6. The van der Waals surface area contributed by atoms with E-state index in [1.54, 1.807) is 12.1 Å². The first-order valence-corrected chi connectivity index (χ1v) is 6.78. The smallest absolute Gasteiger partial charge is 0.336 e. The maximum atomic E-state index is 11.4. The minimum absolute atomic E-state index is 0.269. The molecule has 0 atom stereocenters. The minimum Gasteiger partial charge on any atom is -0.493 e. The van der Waals surface area contributed by atoms with Gasteiger partial charge in [-0.25, -0.2) is 4.79 Å². The number of benzene rings is 2. The third-order valence-electron chi connectivity index (χ3n) is 3.07. The lowest BCUT2D eigenvalue weighted by molar-refractivity contribution is 0.0697. The molecule has 0 aliphatic carbocycles. The lowest BCUT2D eigenvalue weighted by atomic mass is 9.98. The molecule has 2 aromatic rings. The number of ether oxygens (including phenoxy) is 1. The second-order valence-corrected chi connectivity index (χ2v) is 4.55. The molecule has 0 fully saturated rings. The number of carboxylic acid groups (broad SMARTS) is 1. The van der Waals surface area contributed by atoms with E-state index in [1.807, 2.05) is 36.4 Å². The normalized spacial score (nSPS) is 10.2. The predicted molar refractivity (Wildman–Crippen MR) is 79.2 cm³/mol. The summed E-state index contributed by atoms with van der Waals surface area (Å²) >= 11 is 0. The zero-order valence-electron chi connectivity index (χ0n) is 11.5. The maximum Gasteiger partial charge on any atom is 0.336 e. The molecule has 0 unspecified atom stereocenters. The highest BCUT2D eigenvalue weighted by Gasteiger charge is 2.16. The van der Waals surface area contributed by atoms with Gasteiger partial charge in [-0.05, 0) is 24.1 Å². The number of hydrogen-bond donors (Lipinski definition) is 1. The monoisotopic (exact) mass is 270 g/mol. The summed E-state index contributed by atoms with van der Waals surface area (Å²) in [6.07, 6.45) is 1.99. The molecule has 0 amide bonds. The molecule has 0 saturated carbocycles. The number of aromatic carboxylic acids is 1. The molecular formula is C17H18O3. The van der Waals surface area contributed by atoms with Crippen molar-refractivity contribution in [3.63, 3.8) is 0 Å². The minimum atomic E-state index is -0.940. The Labute approximate surface area is 118 Å². The summed E-state index contributed by atoms with van der Waals surface area (Å²) in [5, 5.41) is 9.37. The SMILES string of the molecule is CCCCOc1cccc(C(=O)O)c1-c1ccccc1. The van der Waals surface area contributed by atoms with Gasteiger partial charge in [0.2, 0.25) is 0 Å². The van der Waals surface area contributed by atoms with E-state index in [9.17, 15) is 9.90 Å². The van der Waals surface area contributed by atoms with Crippen LogP contribution in [0.5, 0.6) is 5.75 Å². The molecule has 1 N–H and O–H groups in total. The Morgan fingerprint density at radius 3 is 2.50 bits per heavy atom. The molecule has 3 heteroatoms. The van der Waals surface area contributed by atoms with Gasteiger partial charge in [0.05, 0.1) is 12.2 Å². The number of hydrogen-bond acceptors (Lipinski definition) is 2. The van der Waals surface area contributed by atoms with Gasteiger partial charge in [0, 0.05) is 5.56 Å². The Kier molecular flexibility index (Phi) is 4.77. The molecule has 0 radical (unpaired) electrons. The van der Waals surface area contributed by atoms with Crippen LogP contribution in [0, 0.1) is 0 Å². The zero-order valence-corrected chi connectivity index (χ0v) is 11.5. The van der Waals surface area contributed by atoms with Crippen molar-refractivity contribution >= 4 is 5.97 Å². The van der Waals surface area contributed by atoms with Gasteiger partial charge in [-0.3, -0.25) is 0 Å². The summed E-state index contributed by atoms with van der Waals surface area (Å²) in [7, 11) is 0. The fourth-order valence-corrected chi connectivity index (χ4v) is 2.06. The average molecular weight is 270 g/mol. The largest absolute Gasteiger partial charge is 0.493 e. The topological polar surface area (TPSA) is 46.5 Å². The van der Waals surface area contributed by atoms with E-state index in [0.29, 0.717) is 17.9 Å². The lowest BCUT2D eigenvalue weighted by Crippen LogP contribution is -2.04. The molecule has 20 heavy (non-hydrogen) atoms. The highest BCUT2D eigenvalue weighted by Crippen LogP contribution is 2.33.